The number of anilines is 1. The lowest BCUT2D eigenvalue weighted by Crippen LogP contribution is -2.33. The summed E-state index contributed by atoms with van der Waals surface area (Å²) in [4.78, 5) is 23.5. The summed E-state index contributed by atoms with van der Waals surface area (Å²) in [5.74, 6) is -0.274. The molecule has 0 radical (unpaired) electrons. The van der Waals surface area contributed by atoms with Crippen molar-refractivity contribution in [1.82, 2.24) is 4.90 Å². The van der Waals surface area contributed by atoms with Crippen molar-refractivity contribution in [3.8, 4) is 5.75 Å². The minimum absolute atomic E-state index is 0.0871. The lowest BCUT2D eigenvalue weighted by molar-refractivity contribution is -0.137. The summed E-state index contributed by atoms with van der Waals surface area (Å²) in [5, 5.41) is 11.2. The third-order valence-electron chi connectivity index (χ3n) is 2.41. The lowest BCUT2D eigenvalue weighted by atomic mass is 10.3. The zero-order chi connectivity index (χ0) is 14.4. The van der Waals surface area contributed by atoms with Crippen LogP contribution in [0.2, 0.25) is 0 Å². The quantitative estimate of drug-likeness (QED) is 0.868. The normalized spacial score (nSPS) is 9.84. The maximum Gasteiger partial charge on any atom is 0.321 e. The summed E-state index contributed by atoms with van der Waals surface area (Å²) in [6.07, 6.45) is -0.0871. The van der Waals surface area contributed by atoms with Crippen LogP contribution >= 0.6 is 15.9 Å². The number of carbonyl (C=O) groups is 2. The predicted octanol–water partition coefficient (Wildman–Crippen LogP) is 2.40. The molecule has 0 saturated carbocycles. The second-order valence-corrected chi connectivity index (χ2v) is 4.70. The number of rotatable bonds is 5. The minimum atomic E-state index is -0.938. The van der Waals surface area contributed by atoms with Crippen LogP contribution in [0.4, 0.5) is 10.5 Å². The molecule has 0 aliphatic heterocycles. The molecule has 0 aromatic heterocycles. The van der Waals surface area contributed by atoms with Crippen molar-refractivity contribution >= 4 is 33.6 Å². The Morgan fingerprint density at radius 3 is 2.68 bits per heavy atom. The number of amides is 2. The summed E-state index contributed by atoms with van der Waals surface area (Å²) in [6.45, 7) is 0.151. The molecule has 0 saturated heterocycles. The van der Waals surface area contributed by atoms with E-state index >= 15 is 0 Å². The highest BCUT2D eigenvalue weighted by atomic mass is 79.9. The molecule has 0 atom stereocenters. The van der Waals surface area contributed by atoms with E-state index in [9.17, 15) is 9.59 Å². The van der Waals surface area contributed by atoms with E-state index in [2.05, 4.69) is 21.2 Å². The van der Waals surface area contributed by atoms with E-state index in [1.165, 1.54) is 11.9 Å². The number of methoxy groups -OCH3 is 1. The average Bonchev–Trinajstić information content (AvgIpc) is 2.36. The summed E-state index contributed by atoms with van der Waals surface area (Å²) in [5.41, 5.74) is 0.597. The van der Waals surface area contributed by atoms with E-state index < -0.39 is 5.97 Å². The number of carboxylic acids is 1. The van der Waals surface area contributed by atoms with Gasteiger partial charge in [-0.25, -0.2) is 4.79 Å². The molecule has 0 spiro atoms. The second kappa shape index (κ2) is 6.98. The number of hydrogen-bond donors (Lipinski definition) is 2. The predicted molar refractivity (Wildman–Crippen MR) is 74.6 cm³/mol. The number of ether oxygens (including phenoxy) is 1. The first-order valence-electron chi connectivity index (χ1n) is 5.51. The number of nitrogens with one attached hydrogen (secondary N) is 1. The number of carbonyl (C=O) groups excluding carboxylic acids is 1. The first-order chi connectivity index (χ1) is 8.93. The van der Waals surface area contributed by atoms with Gasteiger partial charge in [0.2, 0.25) is 0 Å². The summed E-state index contributed by atoms with van der Waals surface area (Å²) < 4.78 is 5.81. The first kappa shape index (κ1) is 15.3. The molecular weight excluding hydrogens is 316 g/mol. The number of halogens is 1. The fourth-order valence-electron chi connectivity index (χ4n) is 1.33. The Bertz CT molecular complexity index is 479. The number of urea groups is 1. The largest absolute Gasteiger partial charge is 0.496 e. The van der Waals surface area contributed by atoms with Gasteiger partial charge in [0.25, 0.3) is 0 Å². The number of nitrogens with zero attached hydrogens (tertiary/aromatic N) is 1. The molecule has 1 aromatic rings. The molecule has 0 bridgehead atoms. The van der Waals surface area contributed by atoms with Crippen molar-refractivity contribution in [2.24, 2.45) is 0 Å². The molecule has 6 nitrogen and oxygen atoms in total. The fraction of sp³-hybridized carbons (Fsp3) is 0.333. The van der Waals surface area contributed by atoms with Gasteiger partial charge in [0.15, 0.2) is 0 Å². The molecule has 7 heteroatoms. The number of hydrogen-bond acceptors (Lipinski definition) is 3. The Morgan fingerprint density at radius 2 is 2.16 bits per heavy atom. The van der Waals surface area contributed by atoms with Crippen LogP contribution in [0.25, 0.3) is 0 Å². The molecule has 0 aliphatic carbocycles. The van der Waals surface area contributed by atoms with Gasteiger partial charge in [0, 0.05) is 19.3 Å². The lowest BCUT2D eigenvalue weighted by Gasteiger charge is -2.17. The molecule has 2 amide bonds. The van der Waals surface area contributed by atoms with E-state index in [4.69, 9.17) is 9.84 Å². The molecule has 1 aromatic carbocycles. The molecule has 104 valence electrons. The molecule has 0 unspecified atom stereocenters. The Labute approximate surface area is 119 Å². The minimum Gasteiger partial charge on any atom is -0.496 e. The van der Waals surface area contributed by atoms with Crippen molar-refractivity contribution in [3.63, 3.8) is 0 Å². The number of carboxylic acid groups (broad SMARTS) is 1. The van der Waals surface area contributed by atoms with Crippen LogP contribution in [0.5, 0.6) is 5.75 Å². The molecule has 0 heterocycles. The van der Waals surface area contributed by atoms with Crippen molar-refractivity contribution in [2.45, 2.75) is 6.42 Å². The van der Waals surface area contributed by atoms with E-state index in [0.717, 1.165) is 4.47 Å². The highest BCUT2D eigenvalue weighted by Gasteiger charge is 2.11. The van der Waals surface area contributed by atoms with E-state index in [1.807, 2.05) is 0 Å². The van der Waals surface area contributed by atoms with Crippen molar-refractivity contribution in [2.75, 3.05) is 26.0 Å². The first-order valence-corrected chi connectivity index (χ1v) is 6.30. The number of benzene rings is 1. The van der Waals surface area contributed by atoms with Gasteiger partial charge in [-0.2, -0.15) is 0 Å². The Hall–Kier alpha value is -1.76. The Kier molecular flexibility index (Phi) is 5.62. The van der Waals surface area contributed by atoms with Crippen LogP contribution in [-0.2, 0) is 4.79 Å². The van der Waals surface area contributed by atoms with Crippen LogP contribution in [0.3, 0.4) is 0 Å². The van der Waals surface area contributed by atoms with Gasteiger partial charge < -0.3 is 20.1 Å². The Balaban J connectivity index is 2.61. The van der Waals surface area contributed by atoms with Gasteiger partial charge in [-0.15, -0.1) is 0 Å². The highest BCUT2D eigenvalue weighted by molar-refractivity contribution is 9.10. The third-order valence-corrected chi connectivity index (χ3v) is 3.03. The van der Waals surface area contributed by atoms with Gasteiger partial charge in [0.1, 0.15) is 5.75 Å². The highest BCUT2D eigenvalue weighted by Crippen LogP contribution is 2.27. The summed E-state index contributed by atoms with van der Waals surface area (Å²) in [6, 6.07) is 4.77. The molecule has 0 aliphatic rings. The van der Waals surface area contributed by atoms with Crippen LogP contribution in [0, 0.1) is 0 Å². The molecular formula is C12H15BrN2O4. The van der Waals surface area contributed by atoms with Gasteiger partial charge >= 0.3 is 12.0 Å². The van der Waals surface area contributed by atoms with E-state index in [-0.39, 0.29) is 19.0 Å². The number of aliphatic carboxylic acids is 1. The Morgan fingerprint density at radius 1 is 1.47 bits per heavy atom. The zero-order valence-corrected chi connectivity index (χ0v) is 12.2. The van der Waals surface area contributed by atoms with Gasteiger partial charge in [-0.1, -0.05) is 0 Å². The molecule has 0 fully saturated rings. The van der Waals surface area contributed by atoms with Gasteiger partial charge in [0.05, 0.1) is 18.0 Å². The molecule has 2 N–H and O–H groups in total. The second-order valence-electron chi connectivity index (χ2n) is 3.84. The van der Waals surface area contributed by atoms with Gasteiger partial charge in [-0.05, 0) is 34.1 Å². The third kappa shape index (κ3) is 4.78. The topological polar surface area (TPSA) is 78.9 Å². The van der Waals surface area contributed by atoms with Crippen LogP contribution in [0.15, 0.2) is 22.7 Å². The standard InChI is InChI=1S/C12H15BrN2O4/c1-15(6-5-11(16)17)12(18)14-8-3-4-10(19-2)9(13)7-8/h3-4,7H,5-6H2,1-2H3,(H,14,18)(H,16,17). The van der Waals surface area contributed by atoms with Crippen LogP contribution in [-0.4, -0.2) is 42.7 Å². The fourth-order valence-corrected chi connectivity index (χ4v) is 1.87. The summed E-state index contributed by atoms with van der Waals surface area (Å²) in [7, 11) is 3.09. The van der Waals surface area contributed by atoms with E-state index in [0.29, 0.717) is 11.4 Å². The smallest absolute Gasteiger partial charge is 0.321 e. The SMILES string of the molecule is COc1ccc(NC(=O)N(C)CCC(=O)O)cc1Br. The maximum absolute atomic E-state index is 11.8. The molecule has 1 rings (SSSR count). The average molecular weight is 331 g/mol. The van der Waals surface area contributed by atoms with Crippen molar-refractivity contribution in [1.29, 1.82) is 0 Å². The van der Waals surface area contributed by atoms with Crippen molar-refractivity contribution in [3.05, 3.63) is 22.7 Å². The monoisotopic (exact) mass is 330 g/mol. The maximum atomic E-state index is 11.8. The van der Waals surface area contributed by atoms with E-state index in [1.54, 1.807) is 25.3 Å². The van der Waals surface area contributed by atoms with Crippen LogP contribution in [0.1, 0.15) is 6.42 Å². The molecule has 19 heavy (non-hydrogen) atoms. The van der Waals surface area contributed by atoms with Crippen LogP contribution < -0.4 is 10.1 Å². The van der Waals surface area contributed by atoms with Gasteiger partial charge in [-0.3, -0.25) is 4.79 Å². The summed E-state index contributed by atoms with van der Waals surface area (Å²) >= 11 is 3.32. The zero-order valence-electron chi connectivity index (χ0n) is 10.6. The van der Waals surface area contributed by atoms with Crippen molar-refractivity contribution < 1.29 is 19.4 Å².